The second kappa shape index (κ2) is 9.72. The third kappa shape index (κ3) is 4.70. The third-order valence-electron chi connectivity index (χ3n) is 6.50. The number of fused-ring (bicyclic) bond motifs is 1. The Kier molecular flexibility index (Phi) is 6.57. The summed E-state index contributed by atoms with van der Waals surface area (Å²) in [6, 6.07) is 21.5. The van der Waals surface area contributed by atoms with Gasteiger partial charge in [-0.25, -0.2) is 4.98 Å². The van der Waals surface area contributed by atoms with Crippen LogP contribution in [0.5, 0.6) is 5.75 Å². The number of para-hydroxylation sites is 1. The van der Waals surface area contributed by atoms with E-state index in [0.29, 0.717) is 22.0 Å². The lowest BCUT2D eigenvalue weighted by atomic mass is 9.85. The van der Waals surface area contributed by atoms with Gasteiger partial charge in [-0.05, 0) is 54.7 Å². The minimum absolute atomic E-state index is 0.0273. The average Bonchev–Trinajstić information content (AvgIpc) is 3.41. The number of anilines is 1. The molecule has 38 heavy (non-hydrogen) atoms. The zero-order valence-electron chi connectivity index (χ0n) is 22.1. The smallest absolute Gasteiger partial charge is 0.301 e. The van der Waals surface area contributed by atoms with E-state index in [4.69, 9.17) is 4.74 Å². The average molecular weight is 527 g/mol. The van der Waals surface area contributed by atoms with Crippen molar-refractivity contribution in [3.63, 3.8) is 0 Å². The molecule has 6 nitrogen and oxygen atoms in total. The third-order valence-corrected chi connectivity index (χ3v) is 7.54. The fourth-order valence-corrected chi connectivity index (χ4v) is 5.61. The molecule has 1 saturated heterocycles. The molecule has 1 aliphatic rings. The Morgan fingerprint density at radius 2 is 1.71 bits per heavy atom. The normalized spacial score (nSPS) is 17.5. The van der Waals surface area contributed by atoms with Crippen molar-refractivity contribution in [1.82, 2.24) is 4.98 Å². The highest BCUT2D eigenvalue weighted by atomic mass is 32.1. The standard InChI is InChI=1S/C31H30N2O4S/c1-18(2)37-22-10-8-9-20(17-22)27(34)25-26(19-13-15-21(16-14-19)31(3,4)5)33(29(36)28(25)35)30-32-23-11-6-7-12-24(23)38-30/h6-18,26,34H,1-5H3/b27-25+. The van der Waals surface area contributed by atoms with Crippen molar-refractivity contribution >= 4 is 44.1 Å². The predicted octanol–water partition coefficient (Wildman–Crippen LogP) is 7.01. The topological polar surface area (TPSA) is 79.7 Å². The van der Waals surface area contributed by atoms with E-state index in [-0.39, 0.29) is 22.9 Å². The van der Waals surface area contributed by atoms with Crippen LogP contribution in [0.25, 0.3) is 16.0 Å². The van der Waals surface area contributed by atoms with Crippen LogP contribution in [0.3, 0.4) is 0 Å². The summed E-state index contributed by atoms with van der Waals surface area (Å²) in [6.45, 7) is 10.2. The number of nitrogens with zero attached hydrogens (tertiary/aromatic N) is 2. The Balaban J connectivity index is 1.69. The van der Waals surface area contributed by atoms with Gasteiger partial charge in [0.2, 0.25) is 0 Å². The number of benzene rings is 3. The number of amides is 1. The number of Topliss-reactive ketones (excluding diaryl/α,β-unsaturated/α-hetero) is 1. The van der Waals surface area contributed by atoms with Crippen LogP contribution in [0, 0.1) is 0 Å². The van der Waals surface area contributed by atoms with Gasteiger partial charge in [-0.1, -0.05) is 80.6 Å². The van der Waals surface area contributed by atoms with E-state index >= 15 is 0 Å². The number of carbonyl (C=O) groups excluding carboxylic acids is 2. The van der Waals surface area contributed by atoms with Crippen LogP contribution in [0.2, 0.25) is 0 Å². The van der Waals surface area contributed by atoms with Crippen molar-refractivity contribution in [3.8, 4) is 5.75 Å². The van der Waals surface area contributed by atoms with Crippen LogP contribution in [-0.4, -0.2) is 27.9 Å². The van der Waals surface area contributed by atoms with Crippen LogP contribution >= 0.6 is 11.3 Å². The second-order valence-electron chi connectivity index (χ2n) is 10.7. The maximum atomic E-state index is 13.5. The van der Waals surface area contributed by atoms with Crippen molar-refractivity contribution in [1.29, 1.82) is 0 Å². The summed E-state index contributed by atoms with van der Waals surface area (Å²) in [5.74, 6) is -1.14. The predicted molar refractivity (Wildman–Crippen MR) is 152 cm³/mol. The molecule has 1 amide bonds. The molecule has 194 valence electrons. The second-order valence-corrected chi connectivity index (χ2v) is 11.7. The number of aliphatic hydroxyl groups is 1. The summed E-state index contributed by atoms with van der Waals surface area (Å²) in [5.41, 5.74) is 2.95. The van der Waals surface area contributed by atoms with Gasteiger partial charge in [-0.3, -0.25) is 14.5 Å². The molecule has 0 bridgehead atoms. The molecule has 1 atom stereocenters. The number of hydrogen-bond acceptors (Lipinski definition) is 6. The van der Waals surface area contributed by atoms with Crippen molar-refractivity contribution in [2.24, 2.45) is 0 Å². The molecule has 7 heteroatoms. The van der Waals surface area contributed by atoms with E-state index in [2.05, 4.69) is 25.8 Å². The number of ether oxygens (including phenoxy) is 1. The van der Waals surface area contributed by atoms with Gasteiger partial charge in [0, 0.05) is 5.56 Å². The minimum Gasteiger partial charge on any atom is -0.507 e. The van der Waals surface area contributed by atoms with Gasteiger partial charge in [0.25, 0.3) is 5.78 Å². The molecular formula is C31H30N2O4S. The fraction of sp³-hybridized carbons (Fsp3) is 0.258. The maximum Gasteiger partial charge on any atom is 0.301 e. The molecular weight excluding hydrogens is 496 g/mol. The van der Waals surface area contributed by atoms with Crippen LogP contribution in [0.1, 0.15) is 57.4 Å². The van der Waals surface area contributed by atoms with E-state index in [9.17, 15) is 14.7 Å². The van der Waals surface area contributed by atoms with E-state index in [1.54, 1.807) is 24.3 Å². The van der Waals surface area contributed by atoms with E-state index in [1.807, 2.05) is 62.4 Å². The van der Waals surface area contributed by atoms with Gasteiger partial charge in [0.1, 0.15) is 11.5 Å². The lowest BCUT2D eigenvalue weighted by Gasteiger charge is -2.24. The molecule has 1 fully saturated rings. The Morgan fingerprint density at radius 1 is 1.00 bits per heavy atom. The van der Waals surface area contributed by atoms with Crippen LogP contribution in [-0.2, 0) is 15.0 Å². The van der Waals surface area contributed by atoms with Gasteiger partial charge in [-0.15, -0.1) is 0 Å². The largest absolute Gasteiger partial charge is 0.507 e. The number of hydrogen-bond donors (Lipinski definition) is 1. The first-order valence-electron chi connectivity index (χ1n) is 12.6. The molecule has 0 saturated carbocycles. The van der Waals surface area contributed by atoms with Crippen molar-refractivity contribution in [2.75, 3.05) is 4.90 Å². The lowest BCUT2D eigenvalue weighted by molar-refractivity contribution is -0.132. The molecule has 1 unspecified atom stereocenters. The van der Waals surface area contributed by atoms with E-state index < -0.39 is 17.7 Å². The number of ketones is 1. The first-order valence-corrected chi connectivity index (χ1v) is 13.4. The highest BCUT2D eigenvalue weighted by molar-refractivity contribution is 7.22. The van der Waals surface area contributed by atoms with Crippen molar-refractivity contribution < 1.29 is 19.4 Å². The summed E-state index contributed by atoms with van der Waals surface area (Å²) >= 11 is 1.34. The molecule has 2 heterocycles. The Labute approximate surface area is 226 Å². The van der Waals surface area contributed by atoms with Gasteiger partial charge >= 0.3 is 5.91 Å². The Hall–Kier alpha value is -3.97. The first-order chi connectivity index (χ1) is 18.0. The summed E-state index contributed by atoms with van der Waals surface area (Å²) in [7, 11) is 0. The van der Waals surface area contributed by atoms with Crippen molar-refractivity contribution in [3.05, 3.63) is 95.1 Å². The number of carbonyl (C=O) groups is 2. The Morgan fingerprint density at radius 3 is 2.37 bits per heavy atom. The SMILES string of the molecule is CC(C)Oc1cccc(/C(O)=C2\C(=O)C(=O)N(c3nc4ccccc4s3)C2c2ccc(C(C)(C)C)cc2)c1. The van der Waals surface area contributed by atoms with Gasteiger partial charge in [0.15, 0.2) is 5.13 Å². The number of rotatable bonds is 5. The first kappa shape index (κ1) is 25.7. The van der Waals surface area contributed by atoms with Gasteiger partial charge < -0.3 is 9.84 Å². The molecule has 0 spiro atoms. The highest BCUT2D eigenvalue weighted by Gasteiger charge is 2.48. The van der Waals surface area contributed by atoms with Crippen molar-refractivity contribution in [2.45, 2.75) is 52.2 Å². The fourth-order valence-electron chi connectivity index (χ4n) is 4.62. The molecule has 5 rings (SSSR count). The summed E-state index contributed by atoms with van der Waals surface area (Å²) in [4.78, 5) is 33.1. The van der Waals surface area contributed by atoms with E-state index in [1.165, 1.54) is 16.2 Å². The number of aliphatic hydroxyl groups excluding tert-OH is 1. The maximum absolute atomic E-state index is 13.5. The zero-order chi connectivity index (χ0) is 27.2. The molecule has 4 aromatic rings. The lowest BCUT2D eigenvalue weighted by Crippen LogP contribution is -2.29. The molecule has 1 aliphatic heterocycles. The Bertz CT molecular complexity index is 1530. The molecule has 0 aliphatic carbocycles. The van der Waals surface area contributed by atoms with Gasteiger partial charge in [0.05, 0.1) is 27.9 Å². The van der Waals surface area contributed by atoms with Crippen LogP contribution in [0.4, 0.5) is 5.13 Å². The molecule has 0 radical (unpaired) electrons. The molecule has 1 N–H and O–H groups in total. The summed E-state index contributed by atoms with van der Waals surface area (Å²) in [6.07, 6.45) is -0.0571. The monoisotopic (exact) mass is 526 g/mol. The zero-order valence-corrected chi connectivity index (χ0v) is 22.9. The summed E-state index contributed by atoms with van der Waals surface area (Å²) < 4.78 is 6.70. The molecule has 3 aromatic carbocycles. The quantitative estimate of drug-likeness (QED) is 0.172. The number of aromatic nitrogens is 1. The minimum atomic E-state index is -0.834. The van der Waals surface area contributed by atoms with Gasteiger partial charge in [-0.2, -0.15) is 0 Å². The number of thiazole rings is 1. The molecule has 1 aromatic heterocycles. The van der Waals surface area contributed by atoms with Crippen LogP contribution < -0.4 is 9.64 Å². The van der Waals surface area contributed by atoms with E-state index in [0.717, 1.165) is 15.8 Å². The van der Waals surface area contributed by atoms with Crippen LogP contribution in [0.15, 0.2) is 78.4 Å². The highest BCUT2D eigenvalue weighted by Crippen LogP contribution is 2.44. The summed E-state index contributed by atoms with van der Waals surface area (Å²) in [5, 5.41) is 11.9.